The third kappa shape index (κ3) is 4.73. The number of hydrogen-bond donors (Lipinski definition) is 1. The maximum absolute atomic E-state index is 5.77. The van der Waals surface area contributed by atoms with Crippen LogP contribution >= 0.6 is 0 Å². The van der Waals surface area contributed by atoms with Gasteiger partial charge < -0.3 is 19.5 Å². The highest BCUT2D eigenvalue weighted by Crippen LogP contribution is 2.27. The zero-order valence-corrected chi connectivity index (χ0v) is 12.5. The molecule has 0 spiro atoms. The van der Waals surface area contributed by atoms with E-state index in [0.29, 0.717) is 6.61 Å². The molecule has 0 radical (unpaired) electrons. The Morgan fingerprint density at radius 2 is 1.89 bits per heavy atom. The van der Waals surface area contributed by atoms with Crippen LogP contribution in [0, 0.1) is 6.92 Å². The molecule has 0 bridgehead atoms. The zero-order chi connectivity index (χ0) is 14.3. The van der Waals surface area contributed by atoms with Crippen molar-refractivity contribution in [2.75, 3.05) is 26.1 Å². The van der Waals surface area contributed by atoms with Crippen LogP contribution in [0.2, 0.25) is 0 Å². The summed E-state index contributed by atoms with van der Waals surface area (Å²) in [7, 11) is 3.27. The maximum Gasteiger partial charge on any atom is 0.176 e. The first-order chi connectivity index (χ1) is 9.12. The van der Waals surface area contributed by atoms with Crippen molar-refractivity contribution < 1.29 is 14.2 Å². The Kier molecular flexibility index (Phi) is 6.67. The maximum atomic E-state index is 5.77. The molecule has 1 rings (SSSR count). The lowest BCUT2D eigenvalue weighted by Crippen LogP contribution is -2.33. The number of benzene rings is 1. The predicted molar refractivity (Wildman–Crippen MR) is 77.9 cm³/mol. The molecular weight excluding hydrogens is 242 g/mol. The second-order valence-corrected chi connectivity index (χ2v) is 4.62. The van der Waals surface area contributed by atoms with Gasteiger partial charge in [-0.05, 0) is 38.0 Å². The molecule has 0 saturated heterocycles. The number of ether oxygens (including phenoxy) is 3. The Morgan fingerprint density at radius 1 is 1.21 bits per heavy atom. The first-order valence-electron chi connectivity index (χ1n) is 6.68. The minimum Gasteiger partial charge on any atom is -0.491 e. The van der Waals surface area contributed by atoms with Gasteiger partial charge in [0.1, 0.15) is 5.75 Å². The second-order valence-electron chi connectivity index (χ2n) is 4.62. The summed E-state index contributed by atoms with van der Waals surface area (Å²) in [5.74, 6) is 0.875. The molecule has 1 atom stereocenters. The summed E-state index contributed by atoms with van der Waals surface area (Å²) in [5, 5.41) is 3.37. The monoisotopic (exact) mass is 267 g/mol. The molecule has 0 aliphatic carbocycles. The minimum atomic E-state index is -0.291. The zero-order valence-electron chi connectivity index (χ0n) is 12.5. The van der Waals surface area contributed by atoms with E-state index >= 15 is 0 Å². The van der Waals surface area contributed by atoms with Crippen LogP contribution in [0.3, 0.4) is 0 Å². The minimum absolute atomic E-state index is 0.0293. The van der Waals surface area contributed by atoms with E-state index in [0.717, 1.165) is 17.9 Å². The van der Waals surface area contributed by atoms with E-state index in [9.17, 15) is 0 Å². The lowest BCUT2D eigenvalue weighted by molar-refractivity contribution is -0.109. The molecule has 1 aromatic carbocycles. The van der Waals surface area contributed by atoms with Gasteiger partial charge in [-0.2, -0.15) is 0 Å². The molecule has 0 amide bonds. The molecule has 0 aliphatic rings. The van der Waals surface area contributed by atoms with Crippen LogP contribution in [0.25, 0.3) is 0 Å². The topological polar surface area (TPSA) is 39.7 Å². The highest BCUT2D eigenvalue weighted by Gasteiger charge is 2.17. The van der Waals surface area contributed by atoms with Gasteiger partial charge in [0, 0.05) is 14.2 Å². The molecule has 1 N–H and O–H groups in total. The van der Waals surface area contributed by atoms with E-state index in [-0.39, 0.29) is 12.3 Å². The van der Waals surface area contributed by atoms with Crippen LogP contribution in [-0.4, -0.2) is 33.2 Å². The van der Waals surface area contributed by atoms with E-state index in [1.807, 2.05) is 19.1 Å². The largest absolute Gasteiger partial charge is 0.491 e. The van der Waals surface area contributed by atoms with Crippen LogP contribution < -0.4 is 10.1 Å². The fourth-order valence-electron chi connectivity index (χ4n) is 1.90. The number of anilines is 1. The molecule has 4 heteroatoms. The summed E-state index contributed by atoms with van der Waals surface area (Å²) in [5.41, 5.74) is 2.14. The molecule has 0 fully saturated rings. The van der Waals surface area contributed by atoms with Crippen molar-refractivity contribution in [3.05, 3.63) is 23.8 Å². The number of methoxy groups -OCH3 is 2. The Labute approximate surface area is 116 Å². The highest BCUT2D eigenvalue weighted by atomic mass is 16.7. The molecular formula is C15H25NO3. The quantitative estimate of drug-likeness (QED) is 0.734. The summed E-state index contributed by atoms with van der Waals surface area (Å²) in [6.45, 7) is 6.88. The van der Waals surface area contributed by atoms with Gasteiger partial charge in [-0.25, -0.2) is 0 Å². The second kappa shape index (κ2) is 8.02. The van der Waals surface area contributed by atoms with Crippen LogP contribution in [-0.2, 0) is 9.47 Å². The normalized spacial score (nSPS) is 12.5. The summed E-state index contributed by atoms with van der Waals surface area (Å²) in [4.78, 5) is 0. The predicted octanol–water partition coefficient (Wildman–Crippen LogP) is 3.20. The Morgan fingerprint density at radius 3 is 2.47 bits per heavy atom. The number of nitrogens with one attached hydrogen (secondary N) is 1. The molecule has 108 valence electrons. The third-order valence-electron chi connectivity index (χ3n) is 2.85. The van der Waals surface area contributed by atoms with Gasteiger partial charge in [0.05, 0.1) is 18.3 Å². The Hall–Kier alpha value is -1.26. The molecule has 0 saturated carbocycles. The lowest BCUT2D eigenvalue weighted by atomic mass is 10.2. The number of hydrogen-bond acceptors (Lipinski definition) is 4. The van der Waals surface area contributed by atoms with Gasteiger partial charge in [-0.15, -0.1) is 0 Å². The van der Waals surface area contributed by atoms with Gasteiger partial charge in [0.25, 0.3) is 0 Å². The molecule has 1 unspecified atom stereocenters. The van der Waals surface area contributed by atoms with E-state index in [1.165, 1.54) is 5.56 Å². The number of aryl methyl sites for hydroxylation is 1. The van der Waals surface area contributed by atoms with Crippen LogP contribution in [0.15, 0.2) is 18.2 Å². The Balaban J connectivity index is 2.81. The first-order valence-corrected chi connectivity index (χ1v) is 6.68. The van der Waals surface area contributed by atoms with Gasteiger partial charge in [0.2, 0.25) is 0 Å². The van der Waals surface area contributed by atoms with Gasteiger partial charge in [-0.1, -0.05) is 13.0 Å². The molecule has 4 nitrogen and oxygen atoms in total. The van der Waals surface area contributed by atoms with Crippen molar-refractivity contribution in [3.8, 4) is 5.75 Å². The lowest BCUT2D eigenvalue weighted by Gasteiger charge is -2.24. The van der Waals surface area contributed by atoms with Crippen molar-refractivity contribution in [3.63, 3.8) is 0 Å². The van der Waals surface area contributed by atoms with Crippen molar-refractivity contribution in [1.29, 1.82) is 0 Å². The molecule has 0 aromatic heterocycles. The summed E-state index contributed by atoms with van der Waals surface area (Å²) < 4.78 is 16.3. The molecule has 0 aliphatic heterocycles. The van der Waals surface area contributed by atoms with Crippen LogP contribution in [0.4, 0.5) is 5.69 Å². The number of rotatable bonds is 8. The first kappa shape index (κ1) is 15.8. The van der Waals surface area contributed by atoms with E-state index in [2.05, 4.69) is 25.2 Å². The SMILES string of the molecule is CCCOc1cc(C)ccc1NC(C)C(OC)OC. The fraction of sp³-hybridized carbons (Fsp3) is 0.600. The third-order valence-corrected chi connectivity index (χ3v) is 2.85. The fourth-order valence-corrected chi connectivity index (χ4v) is 1.90. The van der Waals surface area contributed by atoms with Crippen molar-refractivity contribution in [2.24, 2.45) is 0 Å². The van der Waals surface area contributed by atoms with Gasteiger partial charge in [0.15, 0.2) is 6.29 Å². The molecule has 1 aromatic rings. The molecule has 0 heterocycles. The van der Waals surface area contributed by atoms with Gasteiger partial charge >= 0.3 is 0 Å². The summed E-state index contributed by atoms with van der Waals surface area (Å²) >= 11 is 0. The average Bonchev–Trinajstić information content (AvgIpc) is 2.40. The van der Waals surface area contributed by atoms with Gasteiger partial charge in [-0.3, -0.25) is 0 Å². The average molecular weight is 267 g/mol. The van der Waals surface area contributed by atoms with E-state index < -0.39 is 0 Å². The van der Waals surface area contributed by atoms with Crippen LogP contribution in [0.1, 0.15) is 25.8 Å². The summed E-state index contributed by atoms with van der Waals surface area (Å²) in [6, 6.07) is 6.16. The molecule has 19 heavy (non-hydrogen) atoms. The Bertz CT molecular complexity index is 378. The highest BCUT2D eigenvalue weighted by molar-refractivity contribution is 5.58. The van der Waals surface area contributed by atoms with Crippen molar-refractivity contribution in [2.45, 2.75) is 39.5 Å². The van der Waals surface area contributed by atoms with E-state index in [1.54, 1.807) is 14.2 Å². The van der Waals surface area contributed by atoms with Crippen molar-refractivity contribution >= 4 is 5.69 Å². The summed E-state index contributed by atoms with van der Waals surface area (Å²) in [6.07, 6.45) is 0.696. The van der Waals surface area contributed by atoms with Crippen LogP contribution in [0.5, 0.6) is 5.75 Å². The van der Waals surface area contributed by atoms with E-state index in [4.69, 9.17) is 14.2 Å². The standard InChI is InChI=1S/C15H25NO3/c1-6-9-19-14-10-11(2)7-8-13(14)16-12(3)15(17-4)18-5/h7-8,10,12,15-16H,6,9H2,1-5H3. The smallest absolute Gasteiger partial charge is 0.176 e. The van der Waals surface area contributed by atoms with Crippen molar-refractivity contribution in [1.82, 2.24) is 0 Å².